The van der Waals surface area contributed by atoms with Crippen LogP contribution < -0.4 is 5.32 Å². The molecule has 0 aliphatic heterocycles. The van der Waals surface area contributed by atoms with Gasteiger partial charge in [0, 0.05) is 19.1 Å². The van der Waals surface area contributed by atoms with Crippen molar-refractivity contribution in [3.8, 4) is 0 Å². The lowest BCUT2D eigenvalue weighted by Crippen LogP contribution is -2.47. The quantitative estimate of drug-likeness (QED) is 0.744. The number of nitrogens with one attached hydrogen (secondary N) is 1. The van der Waals surface area contributed by atoms with Crippen molar-refractivity contribution >= 4 is 12.0 Å². The van der Waals surface area contributed by atoms with E-state index in [2.05, 4.69) is 5.32 Å². The second-order valence-corrected chi connectivity index (χ2v) is 4.79. The van der Waals surface area contributed by atoms with E-state index >= 15 is 0 Å². The summed E-state index contributed by atoms with van der Waals surface area (Å²) in [5.74, 6) is -0.801. The van der Waals surface area contributed by atoms with Gasteiger partial charge in [0.15, 0.2) is 0 Å². The van der Waals surface area contributed by atoms with Gasteiger partial charge < -0.3 is 15.3 Å². The third kappa shape index (κ3) is 3.11. The lowest BCUT2D eigenvalue weighted by atomic mass is 10.1. The molecule has 0 spiro atoms. The van der Waals surface area contributed by atoms with Crippen LogP contribution in [0.2, 0.25) is 0 Å². The Morgan fingerprint density at radius 1 is 1.41 bits per heavy atom. The molecule has 98 valence electrons. The van der Waals surface area contributed by atoms with Crippen LogP contribution >= 0.6 is 0 Å². The fourth-order valence-electron chi connectivity index (χ4n) is 1.84. The van der Waals surface area contributed by atoms with E-state index in [0.717, 1.165) is 6.42 Å². The molecule has 1 fully saturated rings. The number of amides is 2. The van der Waals surface area contributed by atoms with Crippen molar-refractivity contribution in [3.05, 3.63) is 0 Å². The van der Waals surface area contributed by atoms with Crippen LogP contribution in [-0.4, -0.2) is 41.1 Å². The Kier molecular flexibility index (Phi) is 4.37. The van der Waals surface area contributed by atoms with Gasteiger partial charge in [-0.15, -0.1) is 0 Å². The van der Waals surface area contributed by atoms with Gasteiger partial charge in [-0.25, -0.2) is 4.79 Å². The number of carbonyl (C=O) groups excluding carboxylic acids is 1. The maximum atomic E-state index is 11.9. The zero-order valence-electron chi connectivity index (χ0n) is 10.8. The van der Waals surface area contributed by atoms with Gasteiger partial charge in [-0.2, -0.15) is 0 Å². The minimum atomic E-state index is -0.801. The highest BCUT2D eigenvalue weighted by molar-refractivity contribution is 5.80. The SMILES string of the molecule is CCC(C)N(CC)C(=O)NCC1(C(=O)O)CC1. The van der Waals surface area contributed by atoms with Crippen LogP contribution in [0.4, 0.5) is 4.79 Å². The number of hydrogen-bond donors (Lipinski definition) is 2. The second-order valence-electron chi connectivity index (χ2n) is 4.79. The molecule has 0 heterocycles. The van der Waals surface area contributed by atoms with Gasteiger partial charge in [0.2, 0.25) is 0 Å². The van der Waals surface area contributed by atoms with E-state index in [1.54, 1.807) is 4.90 Å². The molecular weight excluding hydrogens is 220 g/mol. The molecule has 2 amide bonds. The molecule has 1 rings (SSSR count). The molecule has 0 radical (unpaired) electrons. The van der Waals surface area contributed by atoms with E-state index in [1.165, 1.54) is 0 Å². The molecule has 0 bridgehead atoms. The first-order chi connectivity index (χ1) is 7.96. The smallest absolute Gasteiger partial charge is 0.317 e. The Morgan fingerprint density at radius 2 is 2.00 bits per heavy atom. The first-order valence-electron chi connectivity index (χ1n) is 6.24. The maximum absolute atomic E-state index is 11.9. The molecule has 5 heteroatoms. The van der Waals surface area contributed by atoms with Gasteiger partial charge in [-0.3, -0.25) is 4.79 Å². The van der Waals surface area contributed by atoms with Crippen molar-refractivity contribution in [1.82, 2.24) is 10.2 Å². The summed E-state index contributed by atoms with van der Waals surface area (Å²) in [6.07, 6.45) is 2.22. The number of rotatable bonds is 6. The molecule has 1 atom stereocenters. The Hall–Kier alpha value is -1.26. The second kappa shape index (κ2) is 5.38. The van der Waals surface area contributed by atoms with Crippen LogP contribution in [0.1, 0.15) is 40.0 Å². The summed E-state index contributed by atoms with van der Waals surface area (Å²) in [6.45, 7) is 6.83. The average molecular weight is 242 g/mol. The van der Waals surface area contributed by atoms with Crippen molar-refractivity contribution in [2.24, 2.45) is 5.41 Å². The minimum absolute atomic E-state index is 0.158. The van der Waals surface area contributed by atoms with Crippen LogP contribution in [0, 0.1) is 5.41 Å². The van der Waals surface area contributed by atoms with Gasteiger partial charge >= 0.3 is 12.0 Å². The molecule has 0 aromatic carbocycles. The average Bonchev–Trinajstić information content (AvgIpc) is 3.08. The third-order valence-corrected chi connectivity index (χ3v) is 3.61. The zero-order chi connectivity index (χ0) is 13.1. The molecule has 1 unspecified atom stereocenters. The van der Waals surface area contributed by atoms with Crippen LogP contribution in [-0.2, 0) is 4.79 Å². The number of carbonyl (C=O) groups is 2. The first-order valence-corrected chi connectivity index (χ1v) is 6.24. The van der Waals surface area contributed by atoms with E-state index in [1.807, 2.05) is 20.8 Å². The molecule has 17 heavy (non-hydrogen) atoms. The highest BCUT2D eigenvalue weighted by Crippen LogP contribution is 2.45. The summed E-state index contributed by atoms with van der Waals surface area (Å²) in [4.78, 5) is 24.6. The van der Waals surface area contributed by atoms with Crippen molar-refractivity contribution in [2.75, 3.05) is 13.1 Å². The number of nitrogens with zero attached hydrogens (tertiary/aromatic N) is 1. The number of carboxylic acids is 1. The number of carboxylic acid groups (broad SMARTS) is 1. The van der Waals surface area contributed by atoms with Gasteiger partial charge in [0.25, 0.3) is 0 Å². The van der Waals surface area contributed by atoms with Crippen molar-refractivity contribution in [3.63, 3.8) is 0 Å². The Bertz CT molecular complexity index is 300. The van der Waals surface area contributed by atoms with E-state index in [0.29, 0.717) is 19.4 Å². The van der Waals surface area contributed by atoms with Gasteiger partial charge in [0.05, 0.1) is 5.41 Å². The molecule has 0 aromatic rings. The van der Waals surface area contributed by atoms with E-state index in [4.69, 9.17) is 5.11 Å². The van der Waals surface area contributed by atoms with E-state index in [9.17, 15) is 9.59 Å². The topological polar surface area (TPSA) is 69.6 Å². The number of aliphatic carboxylic acids is 1. The first kappa shape index (κ1) is 13.8. The molecule has 1 saturated carbocycles. The molecule has 1 aliphatic rings. The zero-order valence-corrected chi connectivity index (χ0v) is 10.8. The summed E-state index contributed by atoms with van der Waals surface area (Å²) in [7, 11) is 0. The highest BCUT2D eigenvalue weighted by atomic mass is 16.4. The highest BCUT2D eigenvalue weighted by Gasteiger charge is 2.50. The summed E-state index contributed by atoms with van der Waals surface area (Å²) < 4.78 is 0. The summed E-state index contributed by atoms with van der Waals surface area (Å²) in [5.41, 5.74) is -0.690. The fourth-order valence-corrected chi connectivity index (χ4v) is 1.84. The van der Waals surface area contributed by atoms with E-state index < -0.39 is 11.4 Å². The largest absolute Gasteiger partial charge is 0.481 e. The third-order valence-electron chi connectivity index (χ3n) is 3.61. The molecular formula is C12H22N2O3. The van der Waals surface area contributed by atoms with Crippen LogP contribution in [0.3, 0.4) is 0 Å². The summed E-state index contributed by atoms with van der Waals surface area (Å²) in [5, 5.41) is 11.7. The number of hydrogen-bond acceptors (Lipinski definition) is 2. The van der Waals surface area contributed by atoms with Gasteiger partial charge in [0.1, 0.15) is 0 Å². The van der Waals surface area contributed by atoms with Crippen molar-refractivity contribution < 1.29 is 14.7 Å². The predicted octanol–water partition coefficient (Wildman–Crippen LogP) is 1.68. The van der Waals surface area contributed by atoms with Crippen molar-refractivity contribution in [1.29, 1.82) is 0 Å². The fraction of sp³-hybridized carbons (Fsp3) is 0.833. The lowest BCUT2D eigenvalue weighted by Gasteiger charge is -2.28. The molecule has 0 saturated heterocycles. The normalized spacial score (nSPS) is 18.3. The number of urea groups is 1. The Morgan fingerprint density at radius 3 is 2.35 bits per heavy atom. The Labute approximate surface area is 102 Å². The molecule has 2 N–H and O–H groups in total. The maximum Gasteiger partial charge on any atom is 0.317 e. The lowest BCUT2D eigenvalue weighted by molar-refractivity contribution is -0.143. The predicted molar refractivity (Wildman–Crippen MR) is 64.8 cm³/mol. The van der Waals surface area contributed by atoms with Gasteiger partial charge in [-0.1, -0.05) is 6.92 Å². The molecule has 0 aromatic heterocycles. The van der Waals surface area contributed by atoms with Crippen LogP contribution in [0.5, 0.6) is 0 Å². The van der Waals surface area contributed by atoms with Crippen molar-refractivity contribution in [2.45, 2.75) is 46.1 Å². The molecule has 5 nitrogen and oxygen atoms in total. The monoisotopic (exact) mass is 242 g/mol. The van der Waals surface area contributed by atoms with E-state index in [-0.39, 0.29) is 18.6 Å². The standard InChI is InChI=1S/C12H22N2O3/c1-4-9(3)14(5-2)11(17)13-8-12(6-7-12)10(15)16/h9H,4-8H2,1-3H3,(H,13,17)(H,15,16). The van der Waals surface area contributed by atoms with Crippen LogP contribution in [0.25, 0.3) is 0 Å². The molecule has 1 aliphatic carbocycles. The minimum Gasteiger partial charge on any atom is -0.481 e. The summed E-state index contributed by atoms with van der Waals surface area (Å²) in [6, 6.07) is 0.0226. The Balaban J connectivity index is 2.46. The summed E-state index contributed by atoms with van der Waals surface area (Å²) >= 11 is 0. The van der Waals surface area contributed by atoms with Gasteiger partial charge in [-0.05, 0) is 33.1 Å². The van der Waals surface area contributed by atoms with Crippen LogP contribution in [0.15, 0.2) is 0 Å².